The molecular weight excluding hydrogens is 166 g/mol. The van der Waals surface area contributed by atoms with E-state index in [9.17, 15) is 4.79 Å². The molecule has 1 aromatic rings. The Kier molecular flexibility index (Phi) is 3.09. The van der Waals surface area contributed by atoms with Crippen LogP contribution in [0.3, 0.4) is 0 Å². The van der Waals surface area contributed by atoms with E-state index in [1.54, 1.807) is 0 Å². The Morgan fingerprint density at radius 1 is 1.38 bits per heavy atom. The molecule has 0 amide bonds. The summed E-state index contributed by atoms with van der Waals surface area (Å²) in [6.07, 6.45) is 1.50. The molecule has 0 saturated heterocycles. The Balaban J connectivity index is 2.65. The molecule has 0 fully saturated rings. The normalized spacial score (nSPS) is 11.2. The van der Waals surface area contributed by atoms with Gasteiger partial charge in [0.25, 0.3) is 0 Å². The van der Waals surface area contributed by atoms with Gasteiger partial charge in [0.05, 0.1) is 0 Å². The summed E-state index contributed by atoms with van der Waals surface area (Å²) in [5.41, 5.74) is 6.86. The van der Waals surface area contributed by atoms with Gasteiger partial charge in [0, 0.05) is 18.2 Å². The molecule has 3 nitrogen and oxygen atoms in total. The molecule has 0 spiro atoms. The first-order chi connectivity index (χ1) is 6.18. The van der Waals surface area contributed by atoms with Gasteiger partial charge in [-0.2, -0.15) is 0 Å². The van der Waals surface area contributed by atoms with Crippen LogP contribution in [0.5, 0.6) is 0 Å². The SMILES string of the molecule is NC(=CC(=O)O)Cc1ccccc1. The first-order valence-electron chi connectivity index (χ1n) is 3.91. The predicted octanol–water partition coefficient (Wildman–Crippen LogP) is 1.16. The molecule has 1 aromatic carbocycles. The molecule has 0 atom stereocenters. The summed E-state index contributed by atoms with van der Waals surface area (Å²) in [4.78, 5) is 10.2. The maximum absolute atomic E-state index is 10.2. The summed E-state index contributed by atoms with van der Waals surface area (Å²) in [5.74, 6) is -1.01. The first kappa shape index (κ1) is 9.32. The van der Waals surface area contributed by atoms with Crippen LogP contribution in [-0.2, 0) is 11.2 Å². The summed E-state index contributed by atoms with van der Waals surface area (Å²) >= 11 is 0. The molecule has 13 heavy (non-hydrogen) atoms. The van der Waals surface area contributed by atoms with Gasteiger partial charge in [0.1, 0.15) is 0 Å². The molecule has 1 rings (SSSR count). The van der Waals surface area contributed by atoms with Crippen molar-refractivity contribution in [2.45, 2.75) is 6.42 Å². The number of allylic oxidation sites excluding steroid dienone is 1. The fourth-order valence-electron chi connectivity index (χ4n) is 1.04. The molecule has 0 heterocycles. The molecule has 68 valence electrons. The van der Waals surface area contributed by atoms with Crippen molar-refractivity contribution in [2.75, 3.05) is 0 Å². The number of nitrogens with two attached hydrogens (primary N) is 1. The molecule has 3 N–H and O–H groups in total. The zero-order valence-electron chi connectivity index (χ0n) is 7.10. The van der Waals surface area contributed by atoms with Crippen molar-refractivity contribution in [3.05, 3.63) is 47.7 Å². The minimum atomic E-state index is -1.01. The third-order valence-corrected chi connectivity index (χ3v) is 1.56. The molecule has 0 unspecified atom stereocenters. The van der Waals surface area contributed by atoms with E-state index in [1.807, 2.05) is 30.3 Å². The van der Waals surface area contributed by atoms with Gasteiger partial charge in [-0.25, -0.2) is 4.79 Å². The molecule has 0 aliphatic carbocycles. The summed E-state index contributed by atoms with van der Waals surface area (Å²) in [6.45, 7) is 0. The number of benzene rings is 1. The topological polar surface area (TPSA) is 63.3 Å². The van der Waals surface area contributed by atoms with Crippen LogP contribution in [-0.4, -0.2) is 11.1 Å². The van der Waals surface area contributed by atoms with E-state index < -0.39 is 5.97 Å². The number of carboxylic acid groups (broad SMARTS) is 1. The van der Waals surface area contributed by atoms with E-state index in [0.717, 1.165) is 11.6 Å². The number of hydrogen-bond acceptors (Lipinski definition) is 2. The average molecular weight is 177 g/mol. The highest BCUT2D eigenvalue weighted by atomic mass is 16.4. The van der Waals surface area contributed by atoms with Crippen LogP contribution in [0.1, 0.15) is 5.56 Å². The van der Waals surface area contributed by atoms with Gasteiger partial charge in [-0.15, -0.1) is 0 Å². The van der Waals surface area contributed by atoms with E-state index in [2.05, 4.69) is 0 Å². The second-order valence-corrected chi connectivity index (χ2v) is 2.72. The van der Waals surface area contributed by atoms with Crippen molar-refractivity contribution in [1.82, 2.24) is 0 Å². The lowest BCUT2D eigenvalue weighted by atomic mass is 10.1. The summed E-state index contributed by atoms with van der Waals surface area (Å²) in [7, 11) is 0. The van der Waals surface area contributed by atoms with Crippen LogP contribution in [0, 0.1) is 0 Å². The molecule has 3 heteroatoms. The number of hydrogen-bond donors (Lipinski definition) is 2. The molecule has 0 saturated carbocycles. The molecule has 0 aromatic heterocycles. The number of carboxylic acids is 1. The van der Waals surface area contributed by atoms with Crippen molar-refractivity contribution in [3.63, 3.8) is 0 Å². The van der Waals surface area contributed by atoms with E-state index in [4.69, 9.17) is 10.8 Å². The first-order valence-corrected chi connectivity index (χ1v) is 3.91. The highest BCUT2D eigenvalue weighted by molar-refractivity contribution is 5.80. The van der Waals surface area contributed by atoms with Crippen LogP contribution in [0.2, 0.25) is 0 Å². The van der Waals surface area contributed by atoms with Crippen molar-refractivity contribution < 1.29 is 9.90 Å². The fraction of sp³-hybridized carbons (Fsp3) is 0.100. The lowest BCUT2D eigenvalue weighted by Crippen LogP contribution is -2.04. The smallest absolute Gasteiger partial charge is 0.330 e. The quantitative estimate of drug-likeness (QED) is 0.681. The minimum Gasteiger partial charge on any atom is -0.478 e. The molecule has 0 aliphatic heterocycles. The van der Waals surface area contributed by atoms with Crippen molar-refractivity contribution >= 4 is 5.97 Å². The van der Waals surface area contributed by atoms with Crippen LogP contribution in [0.4, 0.5) is 0 Å². The van der Waals surface area contributed by atoms with E-state index in [0.29, 0.717) is 12.1 Å². The highest BCUT2D eigenvalue weighted by Crippen LogP contribution is 2.03. The van der Waals surface area contributed by atoms with Crippen molar-refractivity contribution in [2.24, 2.45) is 5.73 Å². The van der Waals surface area contributed by atoms with Gasteiger partial charge in [0.2, 0.25) is 0 Å². The third kappa shape index (κ3) is 3.42. The molecule has 0 bridgehead atoms. The maximum Gasteiger partial charge on any atom is 0.330 e. The summed E-state index contributed by atoms with van der Waals surface area (Å²) < 4.78 is 0. The van der Waals surface area contributed by atoms with Gasteiger partial charge in [-0.3, -0.25) is 0 Å². The third-order valence-electron chi connectivity index (χ3n) is 1.56. The van der Waals surface area contributed by atoms with Gasteiger partial charge in [0.15, 0.2) is 0 Å². The van der Waals surface area contributed by atoms with Gasteiger partial charge in [-0.1, -0.05) is 30.3 Å². The summed E-state index contributed by atoms with van der Waals surface area (Å²) in [6, 6.07) is 9.50. The molecule has 0 radical (unpaired) electrons. The number of rotatable bonds is 3. The largest absolute Gasteiger partial charge is 0.478 e. The standard InChI is InChI=1S/C10H11NO2/c11-9(7-10(12)13)6-8-4-2-1-3-5-8/h1-5,7H,6,11H2,(H,12,13). The number of carbonyl (C=O) groups is 1. The Morgan fingerprint density at radius 2 is 2.00 bits per heavy atom. The van der Waals surface area contributed by atoms with E-state index in [-0.39, 0.29) is 0 Å². The minimum absolute atomic E-state index is 0.360. The average Bonchev–Trinajstić information content (AvgIpc) is 2.04. The van der Waals surface area contributed by atoms with Crippen molar-refractivity contribution in [1.29, 1.82) is 0 Å². The van der Waals surface area contributed by atoms with Crippen LogP contribution >= 0.6 is 0 Å². The zero-order chi connectivity index (χ0) is 9.68. The number of aliphatic carboxylic acids is 1. The lowest BCUT2D eigenvalue weighted by Gasteiger charge is -1.99. The highest BCUT2D eigenvalue weighted by Gasteiger charge is 1.96. The van der Waals surface area contributed by atoms with Gasteiger partial charge < -0.3 is 10.8 Å². The van der Waals surface area contributed by atoms with E-state index >= 15 is 0 Å². The van der Waals surface area contributed by atoms with Gasteiger partial charge in [-0.05, 0) is 5.56 Å². The Hall–Kier alpha value is -1.77. The monoisotopic (exact) mass is 177 g/mol. The molecule has 0 aliphatic rings. The van der Waals surface area contributed by atoms with Crippen LogP contribution in [0.25, 0.3) is 0 Å². The second-order valence-electron chi connectivity index (χ2n) is 2.72. The molecular formula is C10H11NO2. The fourth-order valence-corrected chi connectivity index (χ4v) is 1.04. The maximum atomic E-state index is 10.2. The Bertz CT molecular complexity index is 317. The second kappa shape index (κ2) is 4.30. The Morgan fingerprint density at radius 3 is 2.54 bits per heavy atom. The predicted molar refractivity (Wildman–Crippen MR) is 50.1 cm³/mol. The van der Waals surface area contributed by atoms with Crippen LogP contribution in [0.15, 0.2) is 42.1 Å². The van der Waals surface area contributed by atoms with E-state index in [1.165, 1.54) is 0 Å². The Labute approximate surface area is 76.5 Å². The van der Waals surface area contributed by atoms with Crippen molar-refractivity contribution in [3.8, 4) is 0 Å². The van der Waals surface area contributed by atoms with Gasteiger partial charge >= 0.3 is 5.97 Å². The van der Waals surface area contributed by atoms with Crippen LogP contribution < -0.4 is 5.73 Å². The summed E-state index contributed by atoms with van der Waals surface area (Å²) in [5, 5.41) is 8.41. The zero-order valence-corrected chi connectivity index (χ0v) is 7.10. The lowest BCUT2D eigenvalue weighted by molar-refractivity contribution is -0.131.